The molecule has 1 fully saturated rings. The van der Waals surface area contributed by atoms with Gasteiger partial charge in [0.25, 0.3) is 0 Å². The molecular weight excluding hydrogens is 270 g/mol. The Labute approximate surface area is 125 Å². The van der Waals surface area contributed by atoms with Gasteiger partial charge in [-0.2, -0.15) is 11.8 Å². The first-order valence-corrected chi connectivity index (χ1v) is 8.35. The molecule has 0 aliphatic carbocycles. The summed E-state index contributed by atoms with van der Waals surface area (Å²) in [7, 11) is 1.97. The van der Waals surface area contributed by atoms with Crippen molar-refractivity contribution in [3.63, 3.8) is 0 Å². The number of carbonyl (C=O) groups excluding carboxylic acids is 1. The Hall–Kier alpha value is -1.07. The van der Waals surface area contributed by atoms with Crippen LogP contribution in [-0.2, 0) is 10.5 Å². The molecule has 1 saturated heterocycles. The third kappa shape index (κ3) is 4.80. The minimum Gasteiger partial charge on any atom is -0.342 e. The van der Waals surface area contributed by atoms with Gasteiger partial charge in [0.1, 0.15) is 0 Å². The minimum absolute atomic E-state index is 0.303. The van der Waals surface area contributed by atoms with Gasteiger partial charge in [-0.1, -0.05) is 6.07 Å². The fourth-order valence-electron chi connectivity index (χ4n) is 2.49. The van der Waals surface area contributed by atoms with E-state index in [4.69, 9.17) is 0 Å². The topological polar surface area (TPSA) is 45.2 Å². The first-order valence-electron chi connectivity index (χ1n) is 7.19. The molecular formula is C15H23N3OS. The summed E-state index contributed by atoms with van der Waals surface area (Å²) in [5.74, 6) is 2.70. The van der Waals surface area contributed by atoms with E-state index in [0.29, 0.717) is 18.2 Å². The van der Waals surface area contributed by atoms with E-state index in [0.717, 1.165) is 43.3 Å². The van der Waals surface area contributed by atoms with Crippen LogP contribution >= 0.6 is 11.8 Å². The highest BCUT2D eigenvalue weighted by Crippen LogP contribution is 2.17. The van der Waals surface area contributed by atoms with Crippen molar-refractivity contribution < 1.29 is 4.79 Å². The quantitative estimate of drug-likeness (QED) is 0.778. The van der Waals surface area contributed by atoms with Gasteiger partial charge >= 0.3 is 0 Å². The van der Waals surface area contributed by atoms with Crippen LogP contribution in [0.1, 0.15) is 18.5 Å². The first kappa shape index (κ1) is 15.3. The predicted molar refractivity (Wildman–Crippen MR) is 83.6 cm³/mol. The highest BCUT2D eigenvalue weighted by Gasteiger charge is 2.25. The molecule has 0 saturated carbocycles. The number of amides is 1. The molecule has 0 radical (unpaired) electrons. The molecule has 1 atom stereocenters. The lowest BCUT2D eigenvalue weighted by Crippen LogP contribution is -2.30. The molecule has 2 rings (SSSR count). The fourth-order valence-corrected chi connectivity index (χ4v) is 3.34. The number of thioether (sulfide) groups is 1. The third-order valence-electron chi connectivity index (χ3n) is 3.57. The van der Waals surface area contributed by atoms with Gasteiger partial charge in [0.15, 0.2) is 0 Å². The average molecular weight is 293 g/mol. The lowest BCUT2D eigenvalue weighted by atomic mass is 10.1. The number of rotatable bonds is 7. The Morgan fingerprint density at radius 2 is 2.45 bits per heavy atom. The Kier molecular flexibility index (Phi) is 6.33. The molecule has 1 aromatic heterocycles. The molecule has 1 amide bonds. The molecule has 1 N–H and O–H groups in total. The van der Waals surface area contributed by atoms with Gasteiger partial charge in [-0.3, -0.25) is 9.78 Å². The maximum atomic E-state index is 12.1. The van der Waals surface area contributed by atoms with E-state index < -0.39 is 0 Å². The van der Waals surface area contributed by atoms with Crippen LogP contribution in [0, 0.1) is 5.92 Å². The molecule has 1 aliphatic heterocycles. The molecule has 5 heteroatoms. The number of likely N-dealkylation sites (tertiary alicyclic amines) is 1. The number of nitrogens with zero attached hydrogens (tertiary/aromatic N) is 2. The van der Waals surface area contributed by atoms with Crippen molar-refractivity contribution in [1.82, 2.24) is 15.2 Å². The molecule has 1 unspecified atom stereocenters. The Morgan fingerprint density at radius 3 is 3.20 bits per heavy atom. The van der Waals surface area contributed by atoms with Crippen LogP contribution in [0.25, 0.3) is 0 Å². The van der Waals surface area contributed by atoms with E-state index >= 15 is 0 Å². The average Bonchev–Trinajstić information content (AvgIpc) is 2.94. The predicted octanol–water partition coefficient (Wildman–Crippen LogP) is 1.77. The van der Waals surface area contributed by atoms with Gasteiger partial charge < -0.3 is 10.2 Å². The van der Waals surface area contributed by atoms with Crippen molar-refractivity contribution >= 4 is 17.7 Å². The SMILES string of the molecule is CNCC1CCN(C(=O)CCSCc2ccccn2)C1. The van der Waals surface area contributed by atoms with Gasteiger partial charge in [0.2, 0.25) is 5.91 Å². The number of hydrogen-bond donors (Lipinski definition) is 1. The summed E-state index contributed by atoms with van der Waals surface area (Å²) < 4.78 is 0. The van der Waals surface area contributed by atoms with Gasteiger partial charge in [-0.25, -0.2) is 0 Å². The molecule has 0 aromatic carbocycles. The van der Waals surface area contributed by atoms with E-state index in [1.807, 2.05) is 36.3 Å². The summed E-state index contributed by atoms with van der Waals surface area (Å²) in [4.78, 5) is 18.4. The second-order valence-corrected chi connectivity index (χ2v) is 6.28. The van der Waals surface area contributed by atoms with Crippen molar-refractivity contribution in [2.24, 2.45) is 5.92 Å². The number of aromatic nitrogens is 1. The number of carbonyl (C=O) groups is 1. The van der Waals surface area contributed by atoms with Crippen LogP contribution in [0.3, 0.4) is 0 Å². The Bertz CT molecular complexity index is 413. The minimum atomic E-state index is 0.303. The molecule has 20 heavy (non-hydrogen) atoms. The molecule has 2 heterocycles. The van der Waals surface area contributed by atoms with Crippen molar-refractivity contribution in [2.45, 2.75) is 18.6 Å². The van der Waals surface area contributed by atoms with Crippen molar-refractivity contribution in [3.8, 4) is 0 Å². The molecule has 110 valence electrons. The lowest BCUT2D eigenvalue weighted by molar-refractivity contribution is -0.129. The van der Waals surface area contributed by atoms with Crippen molar-refractivity contribution in [1.29, 1.82) is 0 Å². The van der Waals surface area contributed by atoms with Gasteiger partial charge in [-0.15, -0.1) is 0 Å². The second-order valence-electron chi connectivity index (χ2n) is 5.18. The highest BCUT2D eigenvalue weighted by molar-refractivity contribution is 7.98. The van der Waals surface area contributed by atoms with Crippen molar-refractivity contribution in [3.05, 3.63) is 30.1 Å². The maximum Gasteiger partial charge on any atom is 0.223 e. The summed E-state index contributed by atoms with van der Waals surface area (Å²) in [5, 5.41) is 3.19. The number of nitrogens with one attached hydrogen (secondary N) is 1. The Morgan fingerprint density at radius 1 is 1.55 bits per heavy atom. The first-order chi connectivity index (χ1) is 9.79. The molecule has 1 aliphatic rings. The van der Waals surface area contributed by atoms with Gasteiger partial charge in [0.05, 0.1) is 5.69 Å². The zero-order valence-electron chi connectivity index (χ0n) is 12.0. The second kappa shape index (κ2) is 8.27. The molecule has 0 spiro atoms. The summed E-state index contributed by atoms with van der Waals surface area (Å²) in [5.41, 5.74) is 1.08. The van der Waals surface area contributed by atoms with E-state index in [2.05, 4.69) is 10.3 Å². The molecule has 0 bridgehead atoms. The monoisotopic (exact) mass is 293 g/mol. The summed E-state index contributed by atoms with van der Waals surface area (Å²) in [6.07, 6.45) is 3.59. The summed E-state index contributed by atoms with van der Waals surface area (Å²) in [6, 6.07) is 5.95. The van der Waals surface area contributed by atoms with E-state index in [-0.39, 0.29) is 0 Å². The van der Waals surface area contributed by atoms with Crippen LogP contribution in [0.15, 0.2) is 24.4 Å². The van der Waals surface area contributed by atoms with Crippen LogP contribution in [-0.4, -0.2) is 48.2 Å². The number of hydrogen-bond acceptors (Lipinski definition) is 4. The van der Waals surface area contributed by atoms with Gasteiger partial charge in [0, 0.05) is 37.2 Å². The van der Waals surface area contributed by atoms with Crippen LogP contribution in [0.2, 0.25) is 0 Å². The standard InChI is InChI=1S/C15H23N3OS/c1-16-10-13-5-8-18(11-13)15(19)6-9-20-12-14-4-2-3-7-17-14/h2-4,7,13,16H,5-6,8-12H2,1H3. The van der Waals surface area contributed by atoms with Crippen LogP contribution in [0.5, 0.6) is 0 Å². The van der Waals surface area contributed by atoms with Crippen LogP contribution < -0.4 is 5.32 Å². The lowest BCUT2D eigenvalue weighted by Gasteiger charge is -2.16. The fraction of sp³-hybridized carbons (Fsp3) is 0.600. The zero-order chi connectivity index (χ0) is 14.2. The van der Waals surface area contributed by atoms with E-state index in [9.17, 15) is 4.79 Å². The zero-order valence-corrected chi connectivity index (χ0v) is 12.9. The maximum absolute atomic E-state index is 12.1. The summed E-state index contributed by atoms with van der Waals surface area (Å²) >= 11 is 1.78. The summed E-state index contributed by atoms with van der Waals surface area (Å²) in [6.45, 7) is 2.86. The molecule has 1 aromatic rings. The van der Waals surface area contributed by atoms with E-state index in [1.165, 1.54) is 0 Å². The number of pyridine rings is 1. The van der Waals surface area contributed by atoms with Crippen molar-refractivity contribution in [2.75, 3.05) is 32.4 Å². The largest absolute Gasteiger partial charge is 0.342 e. The smallest absolute Gasteiger partial charge is 0.223 e. The van der Waals surface area contributed by atoms with Crippen LogP contribution in [0.4, 0.5) is 0 Å². The third-order valence-corrected chi connectivity index (χ3v) is 4.56. The normalized spacial score (nSPS) is 18.4. The van der Waals surface area contributed by atoms with E-state index in [1.54, 1.807) is 11.8 Å². The molecule has 4 nitrogen and oxygen atoms in total. The Balaban J connectivity index is 1.61. The highest BCUT2D eigenvalue weighted by atomic mass is 32.2. The van der Waals surface area contributed by atoms with Gasteiger partial charge in [-0.05, 0) is 38.1 Å².